The Morgan fingerprint density at radius 2 is 2.00 bits per heavy atom. The predicted molar refractivity (Wildman–Crippen MR) is 84.6 cm³/mol. The summed E-state index contributed by atoms with van der Waals surface area (Å²) in [5.74, 6) is -0.758. The van der Waals surface area contributed by atoms with Gasteiger partial charge in [0.15, 0.2) is 0 Å². The number of carbonyl (C=O) groups is 2. The molecule has 0 bridgehead atoms. The van der Waals surface area contributed by atoms with Crippen LogP contribution in [0.15, 0.2) is 27.1 Å². The van der Waals surface area contributed by atoms with Crippen LogP contribution in [0.1, 0.15) is 37.0 Å². The van der Waals surface area contributed by atoms with Crippen LogP contribution in [0.25, 0.3) is 0 Å². The van der Waals surface area contributed by atoms with E-state index in [1.165, 1.54) is 7.11 Å². The van der Waals surface area contributed by atoms with Gasteiger partial charge in [-0.1, -0.05) is 29.3 Å². The second-order valence-corrected chi connectivity index (χ2v) is 6.42. The Labute approximate surface area is 135 Å². The maximum Gasteiger partial charge on any atom is 0.331 e. The van der Waals surface area contributed by atoms with Gasteiger partial charge < -0.3 is 10.1 Å². The monoisotopic (exact) mass is 405 g/mol. The van der Waals surface area contributed by atoms with Gasteiger partial charge in [0.05, 0.1) is 12.7 Å². The van der Waals surface area contributed by atoms with Gasteiger partial charge in [0.2, 0.25) is 0 Å². The molecule has 0 aliphatic heterocycles. The molecular weight excluding hydrogens is 390 g/mol. The molecule has 0 aliphatic carbocycles. The number of nitrogens with one attached hydrogen (secondary N) is 1. The lowest BCUT2D eigenvalue weighted by molar-refractivity contribution is -0.147. The number of methoxy groups -OCH3 is 1. The van der Waals surface area contributed by atoms with E-state index in [1.807, 2.05) is 6.92 Å². The van der Waals surface area contributed by atoms with Crippen LogP contribution in [0.5, 0.6) is 0 Å². The minimum absolute atomic E-state index is 0.314. The molecule has 0 saturated carbocycles. The highest BCUT2D eigenvalue weighted by atomic mass is 79.9. The number of amides is 1. The van der Waals surface area contributed by atoms with Gasteiger partial charge in [0, 0.05) is 8.95 Å². The van der Waals surface area contributed by atoms with E-state index in [4.69, 9.17) is 4.74 Å². The highest BCUT2D eigenvalue weighted by molar-refractivity contribution is 9.11. The first-order valence-electron chi connectivity index (χ1n) is 6.20. The number of halogens is 2. The van der Waals surface area contributed by atoms with Crippen LogP contribution in [-0.4, -0.2) is 24.5 Å². The quantitative estimate of drug-likeness (QED) is 0.759. The number of hydrogen-bond donors (Lipinski definition) is 1. The van der Waals surface area contributed by atoms with Crippen LogP contribution >= 0.6 is 31.9 Å². The van der Waals surface area contributed by atoms with Crippen molar-refractivity contribution in [1.82, 2.24) is 5.32 Å². The molecule has 1 atom stereocenters. The molecule has 1 amide bonds. The van der Waals surface area contributed by atoms with Gasteiger partial charge in [-0.15, -0.1) is 0 Å². The number of ether oxygens (including phenoxy) is 1. The summed E-state index contributed by atoms with van der Waals surface area (Å²) in [7, 11) is 1.32. The molecule has 0 fully saturated rings. The van der Waals surface area contributed by atoms with Crippen molar-refractivity contribution in [2.45, 2.75) is 32.2 Å². The molecule has 0 spiro atoms. The van der Waals surface area contributed by atoms with Crippen LogP contribution < -0.4 is 5.32 Å². The lowest BCUT2D eigenvalue weighted by Crippen LogP contribution is -2.52. The molecule has 1 aromatic carbocycles. The molecule has 0 aromatic heterocycles. The molecule has 1 rings (SSSR count). The molecule has 6 heteroatoms. The van der Waals surface area contributed by atoms with E-state index in [-0.39, 0.29) is 5.91 Å². The Kier molecular flexibility index (Phi) is 6.20. The first-order valence-corrected chi connectivity index (χ1v) is 7.78. The summed E-state index contributed by atoms with van der Waals surface area (Å²) in [6.45, 7) is 3.62. The normalized spacial score (nSPS) is 13.4. The summed E-state index contributed by atoms with van der Waals surface area (Å²) in [4.78, 5) is 24.2. The van der Waals surface area contributed by atoms with Crippen molar-refractivity contribution in [3.8, 4) is 0 Å². The van der Waals surface area contributed by atoms with Crippen molar-refractivity contribution in [3.63, 3.8) is 0 Å². The molecule has 1 unspecified atom stereocenters. The molecule has 0 heterocycles. The molecular formula is C14H17Br2NO3. The third-order valence-corrected chi connectivity index (χ3v) is 4.10. The first kappa shape index (κ1) is 17.2. The molecule has 0 aliphatic rings. The van der Waals surface area contributed by atoms with Crippen LogP contribution in [0.4, 0.5) is 0 Å². The maximum atomic E-state index is 12.3. The van der Waals surface area contributed by atoms with Crippen molar-refractivity contribution < 1.29 is 14.3 Å². The second-order valence-electron chi connectivity index (χ2n) is 4.65. The van der Waals surface area contributed by atoms with Crippen molar-refractivity contribution in [1.29, 1.82) is 0 Å². The summed E-state index contributed by atoms with van der Waals surface area (Å²) in [6.07, 6.45) is 1.27. The zero-order valence-corrected chi connectivity index (χ0v) is 14.8. The van der Waals surface area contributed by atoms with E-state index < -0.39 is 11.5 Å². The second kappa shape index (κ2) is 7.22. The molecule has 20 heavy (non-hydrogen) atoms. The lowest BCUT2D eigenvalue weighted by Gasteiger charge is -2.27. The van der Waals surface area contributed by atoms with Crippen molar-refractivity contribution in [2.24, 2.45) is 0 Å². The van der Waals surface area contributed by atoms with Crippen LogP contribution in [0.2, 0.25) is 0 Å². The van der Waals surface area contributed by atoms with Gasteiger partial charge in [-0.05, 0) is 47.5 Å². The Bertz CT molecular complexity index is 519. The van der Waals surface area contributed by atoms with Crippen molar-refractivity contribution in [3.05, 3.63) is 32.7 Å². The Morgan fingerprint density at radius 1 is 1.35 bits per heavy atom. The molecule has 110 valence electrons. The number of hydrogen-bond acceptors (Lipinski definition) is 3. The van der Waals surface area contributed by atoms with Gasteiger partial charge in [-0.3, -0.25) is 4.79 Å². The summed E-state index contributed by atoms with van der Waals surface area (Å²) in [6, 6.07) is 5.24. The summed E-state index contributed by atoms with van der Waals surface area (Å²) in [5.41, 5.74) is -0.549. The molecule has 4 nitrogen and oxygen atoms in total. The van der Waals surface area contributed by atoms with E-state index >= 15 is 0 Å². The predicted octanol–water partition coefficient (Wildman–Crippen LogP) is 3.67. The summed E-state index contributed by atoms with van der Waals surface area (Å²) >= 11 is 6.67. The van der Waals surface area contributed by atoms with E-state index in [0.717, 1.165) is 10.9 Å². The first-order chi connectivity index (χ1) is 9.34. The van der Waals surface area contributed by atoms with Crippen LogP contribution in [-0.2, 0) is 9.53 Å². The minimum Gasteiger partial charge on any atom is -0.467 e. The average Bonchev–Trinajstić information content (AvgIpc) is 2.37. The fourth-order valence-electron chi connectivity index (χ4n) is 1.93. The van der Waals surface area contributed by atoms with Gasteiger partial charge in [-0.25, -0.2) is 4.79 Å². The Morgan fingerprint density at radius 3 is 2.50 bits per heavy atom. The standard InChI is InChI=1S/C14H17Br2NO3/c1-4-7-14(2,13(19)20-3)17-12(18)10-6-5-9(15)8-11(10)16/h5-6,8H,4,7H2,1-3H3,(H,17,18). The van der Waals surface area contributed by atoms with Crippen molar-refractivity contribution >= 4 is 43.7 Å². The average molecular weight is 407 g/mol. The van der Waals surface area contributed by atoms with Gasteiger partial charge in [0.25, 0.3) is 5.91 Å². The maximum absolute atomic E-state index is 12.3. The molecule has 0 radical (unpaired) electrons. The SMILES string of the molecule is CCCC(C)(NC(=O)c1ccc(Br)cc1Br)C(=O)OC. The fraction of sp³-hybridized carbons (Fsp3) is 0.429. The van der Waals surface area contributed by atoms with E-state index in [0.29, 0.717) is 16.5 Å². The lowest BCUT2D eigenvalue weighted by atomic mass is 9.95. The topological polar surface area (TPSA) is 55.4 Å². The summed E-state index contributed by atoms with van der Waals surface area (Å²) < 4.78 is 6.31. The number of esters is 1. The Hall–Kier alpha value is -0.880. The minimum atomic E-state index is -1.02. The summed E-state index contributed by atoms with van der Waals surface area (Å²) in [5, 5.41) is 2.76. The van der Waals surface area contributed by atoms with Gasteiger partial charge >= 0.3 is 5.97 Å². The fourth-order valence-corrected chi connectivity index (χ4v) is 3.16. The number of benzene rings is 1. The molecule has 0 saturated heterocycles. The van der Waals surface area contributed by atoms with E-state index in [2.05, 4.69) is 37.2 Å². The highest BCUT2D eigenvalue weighted by Crippen LogP contribution is 2.23. The third kappa shape index (κ3) is 4.06. The van der Waals surface area contributed by atoms with E-state index in [9.17, 15) is 9.59 Å². The van der Waals surface area contributed by atoms with Crippen LogP contribution in [0, 0.1) is 0 Å². The zero-order valence-electron chi connectivity index (χ0n) is 11.6. The number of rotatable bonds is 5. The van der Waals surface area contributed by atoms with E-state index in [1.54, 1.807) is 25.1 Å². The third-order valence-electron chi connectivity index (χ3n) is 2.95. The molecule has 1 aromatic rings. The van der Waals surface area contributed by atoms with Gasteiger partial charge in [0.1, 0.15) is 5.54 Å². The Balaban J connectivity index is 2.99. The zero-order chi connectivity index (χ0) is 15.3. The number of carbonyl (C=O) groups excluding carboxylic acids is 2. The highest BCUT2D eigenvalue weighted by Gasteiger charge is 2.35. The van der Waals surface area contributed by atoms with Crippen LogP contribution in [0.3, 0.4) is 0 Å². The molecule has 1 N–H and O–H groups in total. The largest absolute Gasteiger partial charge is 0.467 e. The van der Waals surface area contributed by atoms with Crippen molar-refractivity contribution in [2.75, 3.05) is 7.11 Å². The smallest absolute Gasteiger partial charge is 0.331 e. The van der Waals surface area contributed by atoms with Gasteiger partial charge in [-0.2, -0.15) is 0 Å².